The van der Waals surface area contributed by atoms with Crippen molar-refractivity contribution in [2.45, 2.75) is 45.4 Å². The number of rotatable bonds is 3. The molecular weight excluding hydrogens is 236 g/mol. The number of benzene rings is 1. The zero-order chi connectivity index (χ0) is 13.2. The van der Waals surface area contributed by atoms with Gasteiger partial charge in [-0.25, -0.2) is 0 Å². The Bertz CT molecular complexity index is 478. The fourth-order valence-electron chi connectivity index (χ4n) is 3.53. The average molecular weight is 258 g/mol. The summed E-state index contributed by atoms with van der Waals surface area (Å²) in [5, 5.41) is 0. The van der Waals surface area contributed by atoms with Crippen molar-refractivity contribution in [3.05, 3.63) is 29.3 Å². The predicted octanol–water partition coefficient (Wildman–Crippen LogP) is 4.02. The number of fused-ring (bicyclic) bond motifs is 1. The lowest BCUT2D eigenvalue weighted by molar-refractivity contribution is 0.0858. The van der Waals surface area contributed by atoms with Gasteiger partial charge in [0.05, 0.1) is 12.2 Å². The van der Waals surface area contributed by atoms with Crippen LogP contribution in [0, 0.1) is 11.8 Å². The molecule has 1 fully saturated rings. The number of ketones is 1. The van der Waals surface area contributed by atoms with Gasteiger partial charge >= 0.3 is 0 Å². The first-order chi connectivity index (χ1) is 9.29. The van der Waals surface area contributed by atoms with Gasteiger partial charge in [-0.2, -0.15) is 0 Å². The molecule has 1 aliphatic carbocycles. The molecule has 0 aromatic heterocycles. The van der Waals surface area contributed by atoms with E-state index in [0.29, 0.717) is 5.78 Å². The molecular formula is C17H22O2. The molecule has 2 nitrogen and oxygen atoms in total. The number of carbonyl (C=O) groups excluding carboxylic acids is 1. The Balaban J connectivity index is 1.82. The van der Waals surface area contributed by atoms with E-state index in [1.807, 2.05) is 12.1 Å². The van der Waals surface area contributed by atoms with E-state index in [4.69, 9.17) is 4.74 Å². The highest BCUT2D eigenvalue weighted by atomic mass is 16.5. The Morgan fingerprint density at radius 3 is 3.11 bits per heavy atom. The lowest BCUT2D eigenvalue weighted by Gasteiger charge is -2.27. The fraction of sp³-hybridized carbons (Fsp3) is 0.588. The second kappa shape index (κ2) is 5.36. The minimum atomic E-state index is 0.217. The SMILES string of the molecule is CCC1CCCC(C(=O)c2cccc3c2OCC3)C1. The van der Waals surface area contributed by atoms with Crippen molar-refractivity contribution in [2.24, 2.45) is 11.8 Å². The summed E-state index contributed by atoms with van der Waals surface area (Å²) < 4.78 is 5.67. The molecule has 102 valence electrons. The topological polar surface area (TPSA) is 26.3 Å². The van der Waals surface area contributed by atoms with Crippen molar-refractivity contribution >= 4 is 5.78 Å². The summed E-state index contributed by atoms with van der Waals surface area (Å²) in [6.07, 6.45) is 6.76. The predicted molar refractivity (Wildman–Crippen MR) is 75.7 cm³/mol. The highest BCUT2D eigenvalue weighted by Gasteiger charge is 2.30. The maximum Gasteiger partial charge on any atom is 0.169 e. The first-order valence-electron chi connectivity index (χ1n) is 7.58. The monoisotopic (exact) mass is 258 g/mol. The van der Waals surface area contributed by atoms with Crippen LogP contribution in [-0.2, 0) is 6.42 Å². The smallest absolute Gasteiger partial charge is 0.169 e. The number of hydrogen-bond donors (Lipinski definition) is 0. The zero-order valence-corrected chi connectivity index (χ0v) is 11.7. The van der Waals surface area contributed by atoms with Crippen molar-refractivity contribution in [1.29, 1.82) is 0 Å². The molecule has 2 atom stereocenters. The minimum absolute atomic E-state index is 0.217. The van der Waals surface area contributed by atoms with Gasteiger partial charge in [0.1, 0.15) is 5.75 Å². The second-order valence-corrected chi connectivity index (χ2v) is 5.89. The summed E-state index contributed by atoms with van der Waals surface area (Å²) in [5.41, 5.74) is 2.03. The maximum atomic E-state index is 12.7. The molecule has 2 unspecified atom stereocenters. The van der Waals surface area contributed by atoms with Gasteiger partial charge < -0.3 is 4.74 Å². The van der Waals surface area contributed by atoms with Gasteiger partial charge in [0, 0.05) is 12.3 Å². The molecule has 1 aromatic carbocycles. The molecule has 1 saturated carbocycles. The van der Waals surface area contributed by atoms with Crippen molar-refractivity contribution in [3.8, 4) is 5.75 Å². The van der Waals surface area contributed by atoms with Gasteiger partial charge in [-0.1, -0.05) is 38.3 Å². The molecule has 1 heterocycles. The Morgan fingerprint density at radius 1 is 1.37 bits per heavy atom. The Labute approximate surface area is 115 Å². The van der Waals surface area contributed by atoms with E-state index in [1.54, 1.807) is 0 Å². The lowest BCUT2D eigenvalue weighted by atomic mass is 9.77. The summed E-state index contributed by atoms with van der Waals surface area (Å²) in [6, 6.07) is 6.03. The van der Waals surface area contributed by atoms with E-state index in [0.717, 1.165) is 43.1 Å². The maximum absolute atomic E-state index is 12.7. The molecule has 0 amide bonds. The minimum Gasteiger partial charge on any atom is -0.492 e. The number of Topliss-reactive ketones (excluding diaryl/α,β-unsaturated/α-hetero) is 1. The first kappa shape index (κ1) is 12.7. The zero-order valence-electron chi connectivity index (χ0n) is 11.7. The van der Waals surface area contributed by atoms with E-state index < -0.39 is 0 Å². The highest BCUT2D eigenvalue weighted by Crippen LogP contribution is 2.37. The first-order valence-corrected chi connectivity index (χ1v) is 7.58. The van der Waals surface area contributed by atoms with Crippen LogP contribution < -0.4 is 4.74 Å². The van der Waals surface area contributed by atoms with Crippen LogP contribution in [0.4, 0.5) is 0 Å². The van der Waals surface area contributed by atoms with E-state index in [9.17, 15) is 4.79 Å². The van der Waals surface area contributed by atoms with Gasteiger partial charge in [0.2, 0.25) is 0 Å². The number of hydrogen-bond acceptors (Lipinski definition) is 2. The average Bonchev–Trinajstić information content (AvgIpc) is 2.95. The number of para-hydroxylation sites is 1. The van der Waals surface area contributed by atoms with Crippen molar-refractivity contribution < 1.29 is 9.53 Å². The fourth-order valence-corrected chi connectivity index (χ4v) is 3.53. The van der Waals surface area contributed by atoms with Gasteiger partial charge in [0.25, 0.3) is 0 Å². The summed E-state index contributed by atoms with van der Waals surface area (Å²) in [5.74, 6) is 2.14. The van der Waals surface area contributed by atoms with Crippen molar-refractivity contribution in [3.63, 3.8) is 0 Å². The van der Waals surface area contributed by atoms with Crippen LogP contribution >= 0.6 is 0 Å². The van der Waals surface area contributed by atoms with Crippen LogP contribution in [0.3, 0.4) is 0 Å². The quantitative estimate of drug-likeness (QED) is 0.765. The third-order valence-electron chi connectivity index (χ3n) is 4.71. The van der Waals surface area contributed by atoms with Crippen LogP contribution in [0.15, 0.2) is 18.2 Å². The van der Waals surface area contributed by atoms with Crippen molar-refractivity contribution in [2.75, 3.05) is 6.61 Å². The van der Waals surface area contributed by atoms with Crippen LogP contribution in [0.2, 0.25) is 0 Å². The molecule has 0 spiro atoms. The van der Waals surface area contributed by atoms with E-state index in [2.05, 4.69) is 13.0 Å². The third-order valence-corrected chi connectivity index (χ3v) is 4.71. The Kier molecular flexibility index (Phi) is 3.58. The normalized spacial score (nSPS) is 25.7. The molecule has 0 bridgehead atoms. The second-order valence-electron chi connectivity index (χ2n) is 5.89. The largest absolute Gasteiger partial charge is 0.492 e. The van der Waals surface area contributed by atoms with Gasteiger partial charge in [-0.3, -0.25) is 4.79 Å². The molecule has 2 heteroatoms. The molecule has 1 aromatic rings. The van der Waals surface area contributed by atoms with Crippen molar-refractivity contribution in [1.82, 2.24) is 0 Å². The van der Waals surface area contributed by atoms with Gasteiger partial charge in [-0.15, -0.1) is 0 Å². The van der Waals surface area contributed by atoms with Crippen LogP contribution in [0.25, 0.3) is 0 Å². The molecule has 2 aliphatic rings. The Hall–Kier alpha value is -1.31. The van der Waals surface area contributed by atoms with Crippen LogP contribution in [-0.4, -0.2) is 12.4 Å². The van der Waals surface area contributed by atoms with E-state index in [1.165, 1.54) is 24.8 Å². The highest BCUT2D eigenvalue weighted by molar-refractivity contribution is 6.00. The van der Waals surface area contributed by atoms with E-state index >= 15 is 0 Å². The Morgan fingerprint density at radius 2 is 2.26 bits per heavy atom. The third kappa shape index (κ3) is 2.41. The number of ether oxygens (including phenoxy) is 1. The van der Waals surface area contributed by atoms with Gasteiger partial charge in [0.15, 0.2) is 5.78 Å². The van der Waals surface area contributed by atoms with Gasteiger partial charge in [-0.05, 0) is 30.4 Å². The molecule has 3 rings (SSSR count). The molecule has 0 saturated heterocycles. The lowest BCUT2D eigenvalue weighted by Crippen LogP contribution is -2.23. The molecule has 0 N–H and O–H groups in total. The standard InChI is InChI=1S/C17H22O2/c1-2-12-5-3-7-14(11-12)16(18)15-8-4-6-13-9-10-19-17(13)15/h4,6,8,12,14H,2-3,5,7,9-11H2,1H3. The molecule has 0 radical (unpaired) electrons. The van der Waals surface area contributed by atoms with Crippen LogP contribution in [0.1, 0.15) is 54.9 Å². The number of carbonyl (C=O) groups is 1. The molecule has 1 aliphatic heterocycles. The summed E-state index contributed by atoms with van der Waals surface area (Å²) >= 11 is 0. The molecule has 19 heavy (non-hydrogen) atoms. The van der Waals surface area contributed by atoms with Crippen LogP contribution in [0.5, 0.6) is 5.75 Å². The van der Waals surface area contributed by atoms with E-state index in [-0.39, 0.29) is 5.92 Å². The summed E-state index contributed by atoms with van der Waals surface area (Å²) in [4.78, 5) is 12.7. The summed E-state index contributed by atoms with van der Waals surface area (Å²) in [7, 11) is 0. The summed E-state index contributed by atoms with van der Waals surface area (Å²) in [6.45, 7) is 2.96.